The van der Waals surface area contributed by atoms with Gasteiger partial charge in [-0.2, -0.15) is 10.2 Å². The normalized spacial score (nSPS) is 17.8. The standard InChI is InChI=1S/C25H36N8O3/c1-7-32-13-16(10-28-32)19-14-33-22(30-19)20(18(12-29-33)21(26)34)27-11-17-8-9-31(15-25(17,5)6)23(35)36-24(2,3)4/h10,12-14,17,27H,7-9,11,15H2,1-6H3,(H2,26,34). The van der Waals surface area contributed by atoms with Gasteiger partial charge >= 0.3 is 6.09 Å². The fourth-order valence-electron chi connectivity index (χ4n) is 4.59. The molecule has 0 bridgehead atoms. The molecule has 3 N–H and O–H groups in total. The smallest absolute Gasteiger partial charge is 0.410 e. The van der Waals surface area contributed by atoms with Crippen molar-refractivity contribution in [3.63, 3.8) is 0 Å². The summed E-state index contributed by atoms with van der Waals surface area (Å²) in [7, 11) is 0. The second-order valence-electron chi connectivity index (χ2n) is 11.0. The van der Waals surface area contributed by atoms with E-state index in [0.717, 1.165) is 18.5 Å². The highest BCUT2D eigenvalue weighted by molar-refractivity contribution is 6.01. The molecule has 1 atom stereocenters. The van der Waals surface area contributed by atoms with E-state index < -0.39 is 11.5 Å². The van der Waals surface area contributed by atoms with Crippen molar-refractivity contribution >= 4 is 23.3 Å². The minimum atomic E-state index is -0.574. The van der Waals surface area contributed by atoms with Crippen molar-refractivity contribution < 1.29 is 14.3 Å². The Bertz CT molecular complexity index is 1270. The molecule has 1 aliphatic heterocycles. The second-order valence-corrected chi connectivity index (χ2v) is 11.0. The number of amides is 2. The number of likely N-dealkylation sites (tertiary alicyclic amines) is 1. The summed E-state index contributed by atoms with van der Waals surface area (Å²) < 4.78 is 9.04. The summed E-state index contributed by atoms with van der Waals surface area (Å²) in [5, 5.41) is 12.1. The van der Waals surface area contributed by atoms with Crippen LogP contribution < -0.4 is 11.1 Å². The number of nitrogens with two attached hydrogens (primary N) is 1. The fourth-order valence-corrected chi connectivity index (χ4v) is 4.59. The maximum atomic E-state index is 12.6. The van der Waals surface area contributed by atoms with Crippen molar-refractivity contribution in [2.24, 2.45) is 17.1 Å². The average Bonchev–Trinajstić information content (AvgIpc) is 3.43. The molecule has 0 saturated carbocycles. The summed E-state index contributed by atoms with van der Waals surface area (Å²) >= 11 is 0. The van der Waals surface area contributed by atoms with E-state index in [1.807, 2.05) is 44.8 Å². The van der Waals surface area contributed by atoms with Gasteiger partial charge in [-0.1, -0.05) is 13.8 Å². The number of nitrogens with one attached hydrogen (secondary N) is 1. The lowest BCUT2D eigenvalue weighted by molar-refractivity contribution is -0.00235. The summed E-state index contributed by atoms with van der Waals surface area (Å²) in [6, 6.07) is 0. The van der Waals surface area contributed by atoms with Crippen molar-refractivity contribution in [2.75, 3.05) is 25.0 Å². The number of fused-ring (bicyclic) bond motifs is 1. The monoisotopic (exact) mass is 496 g/mol. The topological polar surface area (TPSA) is 133 Å². The lowest BCUT2D eigenvalue weighted by Gasteiger charge is -2.44. The first-order valence-corrected chi connectivity index (χ1v) is 12.3. The zero-order valence-corrected chi connectivity index (χ0v) is 21.9. The van der Waals surface area contributed by atoms with Gasteiger partial charge in [0.2, 0.25) is 0 Å². The third kappa shape index (κ3) is 5.29. The highest BCUT2D eigenvalue weighted by Gasteiger charge is 2.39. The van der Waals surface area contributed by atoms with E-state index in [0.29, 0.717) is 36.7 Å². The SMILES string of the molecule is CCn1cc(-c2cn3ncc(C(N)=O)c(NCC4CCN(C(=O)OC(C)(C)C)CC4(C)C)c3n2)cn1. The largest absolute Gasteiger partial charge is 0.444 e. The molecule has 11 nitrogen and oxygen atoms in total. The van der Waals surface area contributed by atoms with E-state index in [-0.39, 0.29) is 23.0 Å². The maximum absolute atomic E-state index is 12.6. The molecule has 4 heterocycles. The molecule has 3 aromatic heterocycles. The van der Waals surface area contributed by atoms with Crippen molar-refractivity contribution in [1.29, 1.82) is 0 Å². The zero-order valence-electron chi connectivity index (χ0n) is 21.9. The molecule has 0 aromatic carbocycles. The van der Waals surface area contributed by atoms with Crippen molar-refractivity contribution in [1.82, 2.24) is 29.3 Å². The van der Waals surface area contributed by atoms with Gasteiger partial charge in [-0.05, 0) is 45.4 Å². The van der Waals surface area contributed by atoms with Crippen LogP contribution in [0.1, 0.15) is 58.3 Å². The zero-order chi connectivity index (χ0) is 26.3. The van der Waals surface area contributed by atoms with Crippen LogP contribution in [0.2, 0.25) is 0 Å². The van der Waals surface area contributed by atoms with Crippen LogP contribution >= 0.6 is 0 Å². The Balaban J connectivity index is 1.55. The Hall–Kier alpha value is -3.63. The molecule has 0 aliphatic carbocycles. The molecule has 11 heteroatoms. The Labute approximate surface area is 211 Å². The number of primary amides is 1. The highest BCUT2D eigenvalue weighted by atomic mass is 16.6. The number of ether oxygens (including phenoxy) is 1. The summed E-state index contributed by atoms with van der Waals surface area (Å²) in [6.07, 6.45) is 7.47. The summed E-state index contributed by atoms with van der Waals surface area (Å²) in [6.45, 7) is 14.4. The van der Waals surface area contributed by atoms with Crippen LogP contribution in [0.25, 0.3) is 16.9 Å². The van der Waals surface area contributed by atoms with Crippen LogP contribution in [0.3, 0.4) is 0 Å². The second kappa shape index (κ2) is 9.44. The van der Waals surface area contributed by atoms with Crippen molar-refractivity contribution in [3.8, 4) is 11.3 Å². The predicted octanol–water partition coefficient (Wildman–Crippen LogP) is 3.41. The van der Waals surface area contributed by atoms with Crippen LogP contribution in [0.5, 0.6) is 0 Å². The van der Waals surface area contributed by atoms with Gasteiger partial charge in [0, 0.05) is 37.9 Å². The van der Waals surface area contributed by atoms with Crippen LogP contribution in [0, 0.1) is 11.3 Å². The van der Waals surface area contributed by atoms with Crippen LogP contribution in [0.4, 0.5) is 10.5 Å². The number of anilines is 1. The Kier molecular flexibility index (Phi) is 6.68. The number of rotatable bonds is 6. The van der Waals surface area contributed by atoms with Crippen molar-refractivity contribution in [2.45, 2.75) is 60.1 Å². The Morgan fingerprint density at radius 1 is 1.22 bits per heavy atom. The van der Waals surface area contributed by atoms with Gasteiger partial charge in [0.05, 0.1) is 35.5 Å². The first kappa shape index (κ1) is 25.5. The number of carbonyl (C=O) groups is 2. The first-order chi connectivity index (χ1) is 16.9. The van der Waals surface area contributed by atoms with Crippen molar-refractivity contribution in [3.05, 3.63) is 30.4 Å². The van der Waals surface area contributed by atoms with Crippen LogP contribution in [-0.2, 0) is 11.3 Å². The van der Waals surface area contributed by atoms with Gasteiger partial charge in [-0.15, -0.1) is 0 Å². The third-order valence-electron chi connectivity index (χ3n) is 6.64. The lowest BCUT2D eigenvalue weighted by Crippen LogP contribution is -2.51. The quantitative estimate of drug-likeness (QED) is 0.534. The minimum absolute atomic E-state index is 0.173. The summed E-state index contributed by atoms with van der Waals surface area (Å²) in [5.74, 6) is -0.336. The number of piperidine rings is 1. The van der Waals surface area contributed by atoms with E-state index in [1.54, 1.807) is 15.6 Å². The van der Waals surface area contributed by atoms with E-state index in [9.17, 15) is 9.59 Å². The number of hydrogen-bond acceptors (Lipinski definition) is 7. The Morgan fingerprint density at radius 2 is 1.97 bits per heavy atom. The molecule has 36 heavy (non-hydrogen) atoms. The van der Waals surface area contributed by atoms with E-state index in [1.165, 1.54) is 6.20 Å². The molecule has 1 aliphatic rings. The molecule has 3 aromatic rings. The maximum Gasteiger partial charge on any atom is 0.410 e. The lowest BCUT2D eigenvalue weighted by atomic mass is 9.74. The first-order valence-electron chi connectivity index (χ1n) is 12.3. The van der Waals surface area contributed by atoms with Crippen LogP contribution in [0.15, 0.2) is 24.8 Å². The summed E-state index contributed by atoms with van der Waals surface area (Å²) in [5.41, 5.74) is 7.91. The summed E-state index contributed by atoms with van der Waals surface area (Å²) in [4.78, 5) is 31.4. The fraction of sp³-hybridized carbons (Fsp3) is 0.560. The number of hydrogen-bond donors (Lipinski definition) is 2. The van der Waals surface area contributed by atoms with Gasteiger partial charge in [0.25, 0.3) is 5.91 Å². The number of carbonyl (C=O) groups excluding carboxylic acids is 2. The van der Waals surface area contributed by atoms with Crippen LogP contribution in [-0.4, -0.2) is 66.5 Å². The number of imidazole rings is 1. The molecule has 4 rings (SSSR count). The minimum Gasteiger partial charge on any atom is -0.444 e. The number of aryl methyl sites for hydroxylation is 1. The third-order valence-corrected chi connectivity index (χ3v) is 6.64. The van der Waals surface area contributed by atoms with Gasteiger partial charge in [-0.3, -0.25) is 9.48 Å². The van der Waals surface area contributed by atoms with E-state index in [2.05, 4.69) is 29.4 Å². The van der Waals surface area contributed by atoms with E-state index >= 15 is 0 Å². The molecule has 2 amide bonds. The number of nitrogens with zero attached hydrogens (tertiary/aromatic N) is 6. The predicted molar refractivity (Wildman–Crippen MR) is 137 cm³/mol. The van der Waals surface area contributed by atoms with Gasteiger partial charge < -0.3 is 20.7 Å². The molecule has 1 unspecified atom stereocenters. The molecule has 0 spiro atoms. The highest BCUT2D eigenvalue weighted by Crippen LogP contribution is 2.36. The van der Waals surface area contributed by atoms with Gasteiger partial charge in [0.15, 0.2) is 5.65 Å². The molecule has 0 radical (unpaired) electrons. The molecular weight excluding hydrogens is 460 g/mol. The number of aromatic nitrogens is 5. The molecule has 194 valence electrons. The molecule has 1 fully saturated rings. The Morgan fingerprint density at radius 3 is 2.58 bits per heavy atom. The molecule has 1 saturated heterocycles. The van der Waals surface area contributed by atoms with Gasteiger partial charge in [-0.25, -0.2) is 14.3 Å². The van der Waals surface area contributed by atoms with E-state index in [4.69, 9.17) is 15.5 Å². The van der Waals surface area contributed by atoms with Gasteiger partial charge in [0.1, 0.15) is 5.60 Å². The molecular formula is C25H36N8O3. The average molecular weight is 497 g/mol.